The Morgan fingerprint density at radius 3 is 2.57 bits per heavy atom. The van der Waals surface area contributed by atoms with Crippen LogP contribution in [-0.2, 0) is 4.79 Å². The summed E-state index contributed by atoms with van der Waals surface area (Å²) in [5, 5.41) is 13.1. The fourth-order valence-corrected chi connectivity index (χ4v) is 2.58. The molecule has 0 bridgehead atoms. The zero-order chi connectivity index (χ0) is 15.1. The highest BCUT2D eigenvalue weighted by Gasteiger charge is 2.29. The predicted molar refractivity (Wildman–Crippen MR) is 83.1 cm³/mol. The maximum Gasteiger partial charge on any atom is 0.244 e. The van der Waals surface area contributed by atoms with Crippen LogP contribution in [0.4, 0.5) is 0 Å². The van der Waals surface area contributed by atoms with Gasteiger partial charge in [0.1, 0.15) is 5.75 Å². The van der Waals surface area contributed by atoms with Crippen molar-refractivity contribution in [1.29, 1.82) is 0 Å². The van der Waals surface area contributed by atoms with E-state index in [0.29, 0.717) is 6.54 Å². The molecule has 4 heteroatoms. The molecular formula is C17H23NO3. The first-order valence-electron chi connectivity index (χ1n) is 7.44. The van der Waals surface area contributed by atoms with Gasteiger partial charge in [-0.15, -0.1) is 0 Å². The molecule has 1 fully saturated rings. The molecule has 1 saturated carbocycles. The van der Waals surface area contributed by atoms with Crippen LogP contribution in [0.5, 0.6) is 5.75 Å². The Kier molecular flexibility index (Phi) is 5.39. The van der Waals surface area contributed by atoms with Gasteiger partial charge in [0.15, 0.2) is 0 Å². The topological polar surface area (TPSA) is 58.6 Å². The summed E-state index contributed by atoms with van der Waals surface area (Å²) < 4.78 is 5.08. The largest absolute Gasteiger partial charge is 0.497 e. The number of hydrogen-bond acceptors (Lipinski definition) is 3. The summed E-state index contributed by atoms with van der Waals surface area (Å²) >= 11 is 0. The van der Waals surface area contributed by atoms with Crippen molar-refractivity contribution < 1.29 is 14.6 Å². The number of ether oxygens (including phenoxy) is 1. The van der Waals surface area contributed by atoms with Gasteiger partial charge in [0, 0.05) is 12.6 Å². The van der Waals surface area contributed by atoms with Crippen molar-refractivity contribution in [3.05, 3.63) is 35.9 Å². The van der Waals surface area contributed by atoms with E-state index in [1.54, 1.807) is 13.2 Å². The Labute approximate surface area is 125 Å². The van der Waals surface area contributed by atoms with E-state index in [4.69, 9.17) is 4.74 Å². The van der Waals surface area contributed by atoms with Gasteiger partial charge < -0.3 is 15.2 Å². The van der Waals surface area contributed by atoms with Gasteiger partial charge in [0.05, 0.1) is 12.7 Å². The van der Waals surface area contributed by atoms with Crippen LogP contribution in [0.3, 0.4) is 0 Å². The molecule has 1 aromatic rings. The van der Waals surface area contributed by atoms with E-state index in [1.165, 1.54) is 12.5 Å². The van der Waals surface area contributed by atoms with Gasteiger partial charge in [0.2, 0.25) is 5.91 Å². The highest BCUT2D eigenvalue weighted by Crippen LogP contribution is 2.27. The monoisotopic (exact) mass is 289 g/mol. The summed E-state index contributed by atoms with van der Waals surface area (Å²) in [6.07, 6.45) is 8.04. The van der Waals surface area contributed by atoms with Crippen LogP contribution in [-0.4, -0.2) is 30.3 Å². The van der Waals surface area contributed by atoms with E-state index in [1.807, 2.05) is 24.3 Å². The quantitative estimate of drug-likeness (QED) is 0.819. The second-order valence-corrected chi connectivity index (χ2v) is 5.61. The van der Waals surface area contributed by atoms with Crippen LogP contribution in [0.1, 0.15) is 37.7 Å². The molecule has 114 valence electrons. The van der Waals surface area contributed by atoms with E-state index >= 15 is 0 Å². The lowest BCUT2D eigenvalue weighted by atomic mass is 9.85. The van der Waals surface area contributed by atoms with Crippen molar-refractivity contribution in [1.82, 2.24) is 5.32 Å². The standard InChI is InChI=1S/C17H23NO3/c1-21-15-8-5-14(6-9-15)7-10-16(19)18-13-17(20)11-3-2-4-12-17/h5-10,20H,2-4,11-13H2,1H3,(H,18,19). The fourth-order valence-electron chi connectivity index (χ4n) is 2.58. The lowest BCUT2D eigenvalue weighted by molar-refractivity contribution is -0.118. The van der Waals surface area contributed by atoms with Gasteiger partial charge in [-0.05, 0) is 36.6 Å². The van der Waals surface area contributed by atoms with Gasteiger partial charge >= 0.3 is 0 Å². The number of benzene rings is 1. The number of aliphatic hydroxyl groups is 1. The van der Waals surface area contributed by atoms with Crippen molar-refractivity contribution in [2.45, 2.75) is 37.7 Å². The average molecular weight is 289 g/mol. The van der Waals surface area contributed by atoms with E-state index in [9.17, 15) is 9.90 Å². The predicted octanol–water partition coefficient (Wildman–Crippen LogP) is 2.52. The number of nitrogens with one attached hydrogen (secondary N) is 1. The third-order valence-electron chi connectivity index (χ3n) is 3.92. The molecule has 2 N–H and O–H groups in total. The zero-order valence-electron chi connectivity index (χ0n) is 12.5. The molecule has 0 radical (unpaired) electrons. The molecule has 0 unspecified atom stereocenters. The van der Waals surface area contributed by atoms with Gasteiger partial charge in [-0.1, -0.05) is 31.4 Å². The number of carbonyl (C=O) groups is 1. The van der Waals surface area contributed by atoms with Gasteiger partial charge in [-0.2, -0.15) is 0 Å². The molecule has 21 heavy (non-hydrogen) atoms. The third-order valence-corrected chi connectivity index (χ3v) is 3.92. The van der Waals surface area contributed by atoms with Crippen LogP contribution in [0, 0.1) is 0 Å². The Bertz CT molecular complexity index is 487. The summed E-state index contributed by atoms with van der Waals surface area (Å²) in [6, 6.07) is 7.47. The van der Waals surface area contributed by atoms with Crippen molar-refractivity contribution in [3.8, 4) is 5.75 Å². The van der Waals surface area contributed by atoms with Crippen molar-refractivity contribution in [3.63, 3.8) is 0 Å². The normalized spacial score (nSPS) is 17.6. The summed E-state index contributed by atoms with van der Waals surface area (Å²) in [7, 11) is 1.62. The smallest absolute Gasteiger partial charge is 0.244 e. The molecule has 1 aromatic carbocycles. The number of rotatable bonds is 5. The van der Waals surface area contributed by atoms with Crippen molar-refractivity contribution >= 4 is 12.0 Å². The first-order valence-corrected chi connectivity index (χ1v) is 7.44. The minimum absolute atomic E-state index is 0.176. The highest BCUT2D eigenvalue weighted by atomic mass is 16.5. The van der Waals surface area contributed by atoms with Gasteiger partial charge in [-0.3, -0.25) is 4.79 Å². The molecule has 0 saturated heterocycles. The van der Waals surface area contributed by atoms with Crippen LogP contribution < -0.4 is 10.1 Å². The molecule has 0 aromatic heterocycles. The van der Waals surface area contributed by atoms with Gasteiger partial charge in [0.25, 0.3) is 0 Å². The summed E-state index contributed by atoms with van der Waals surface area (Å²) in [4.78, 5) is 11.8. The maximum atomic E-state index is 11.8. The Morgan fingerprint density at radius 2 is 1.95 bits per heavy atom. The van der Waals surface area contributed by atoms with Crippen LogP contribution in [0.15, 0.2) is 30.3 Å². The van der Waals surface area contributed by atoms with E-state index in [0.717, 1.165) is 37.0 Å². The molecule has 0 aliphatic heterocycles. The SMILES string of the molecule is COc1ccc(C=CC(=O)NCC2(O)CCCCC2)cc1. The minimum atomic E-state index is -0.720. The van der Waals surface area contributed by atoms with Crippen molar-refractivity contribution in [2.75, 3.05) is 13.7 Å². The Balaban J connectivity index is 1.81. The van der Waals surface area contributed by atoms with Crippen LogP contribution in [0.2, 0.25) is 0 Å². The number of hydrogen-bond donors (Lipinski definition) is 2. The molecule has 0 heterocycles. The highest BCUT2D eigenvalue weighted by molar-refractivity contribution is 5.91. The minimum Gasteiger partial charge on any atom is -0.497 e. The number of methoxy groups -OCH3 is 1. The summed E-state index contributed by atoms with van der Waals surface area (Å²) in [5.41, 5.74) is 0.212. The number of carbonyl (C=O) groups excluding carboxylic acids is 1. The molecule has 4 nitrogen and oxygen atoms in total. The lowest BCUT2D eigenvalue weighted by Crippen LogP contribution is -2.43. The summed E-state index contributed by atoms with van der Waals surface area (Å²) in [5.74, 6) is 0.612. The molecule has 2 rings (SSSR count). The van der Waals surface area contributed by atoms with Crippen LogP contribution in [0.25, 0.3) is 6.08 Å². The first-order chi connectivity index (χ1) is 10.1. The average Bonchev–Trinajstić information content (AvgIpc) is 2.52. The molecular weight excluding hydrogens is 266 g/mol. The molecule has 0 atom stereocenters. The summed E-state index contributed by atoms with van der Waals surface area (Å²) in [6.45, 7) is 0.332. The molecule has 1 amide bonds. The van der Waals surface area contributed by atoms with E-state index < -0.39 is 5.60 Å². The number of amides is 1. The molecule has 1 aliphatic carbocycles. The molecule has 0 spiro atoms. The lowest BCUT2D eigenvalue weighted by Gasteiger charge is -2.31. The van der Waals surface area contributed by atoms with E-state index in [-0.39, 0.29) is 5.91 Å². The zero-order valence-corrected chi connectivity index (χ0v) is 12.5. The second kappa shape index (κ2) is 7.27. The first kappa shape index (κ1) is 15.6. The fraction of sp³-hybridized carbons (Fsp3) is 0.471. The van der Waals surface area contributed by atoms with E-state index in [2.05, 4.69) is 5.32 Å². The van der Waals surface area contributed by atoms with Crippen molar-refractivity contribution in [2.24, 2.45) is 0 Å². The Hall–Kier alpha value is -1.81. The van der Waals surface area contributed by atoms with Crippen LogP contribution >= 0.6 is 0 Å². The van der Waals surface area contributed by atoms with Gasteiger partial charge in [-0.25, -0.2) is 0 Å². The maximum absolute atomic E-state index is 11.8. The third kappa shape index (κ3) is 4.90. The Morgan fingerprint density at radius 1 is 1.29 bits per heavy atom. The second-order valence-electron chi connectivity index (χ2n) is 5.61. The molecule has 1 aliphatic rings.